The van der Waals surface area contributed by atoms with Gasteiger partial charge < -0.3 is 9.97 Å². The third-order valence-electron chi connectivity index (χ3n) is 3.52. The molecule has 0 spiro atoms. The van der Waals surface area contributed by atoms with Gasteiger partial charge in [-0.25, -0.2) is 17.9 Å². The van der Waals surface area contributed by atoms with Crippen molar-refractivity contribution in [2.24, 2.45) is 0 Å². The monoisotopic (exact) mass is 335 g/mol. The molecule has 2 aromatic heterocycles. The van der Waals surface area contributed by atoms with Gasteiger partial charge in [0.05, 0.1) is 28.2 Å². The first-order valence-corrected chi connectivity index (χ1v) is 8.56. The maximum atomic E-state index is 12.3. The van der Waals surface area contributed by atoms with Gasteiger partial charge in [0.25, 0.3) is 0 Å². The number of sulfonamides is 1. The van der Waals surface area contributed by atoms with Gasteiger partial charge in [-0.2, -0.15) is 5.10 Å². The van der Waals surface area contributed by atoms with Crippen LogP contribution in [0.1, 0.15) is 11.4 Å². The van der Waals surface area contributed by atoms with Crippen LogP contribution in [0.3, 0.4) is 0 Å². The van der Waals surface area contributed by atoms with Crippen molar-refractivity contribution in [2.45, 2.75) is 25.3 Å². The number of aryl methyl sites for hydroxylation is 2. The van der Waals surface area contributed by atoms with Gasteiger partial charge in [0.15, 0.2) is 0 Å². The largest absolute Gasteiger partial charge is 0.323 e. The molecule has 0 fully saturated rings. The minimum atomic E-state index is -3.65. The summed E-state index contributed by atoms with van der Waals surface area (Å²) in [6.07, 6.45) is 0. The number of benzene rings is 1. The number of aromatic nitrogens is 4. The van der Waals surface area contributed by atoms with Crippen LogP contribution in [-0.2, 0) is 16.6 Å². The topological polar surface area (TPSA) is 113 Å². The van der Waals surface area contributed by atoms with Crippen molar-refractivity contribution in [3.8, 4) is 0 Å². The number of nitrogens with zero attached hydrogens (tertiary/aromatic N) is 2. The lowest BCUT2D eigenvalue weighted by Crippen LogP contribution is -2.28. The van der Waals surface area contributed by atoms with Gasteiger partial charge in [-0.3, -0.25) is 4.68 Å². The Kier molecular flexibility index (Phi) is 3.82. The zero-order valence-electron chi connectivity index (χ0n) is 12.8. The van der Waals surface area contributed by atoms with Gasteiger partial charge >= 0.3 is 5.69 Å². The van der Waals surface area contributed by atoms with E-state index >= 15 is 0 Å². The second-order valence-electron chi connectivity index (χ2n) is 5.33. The van der Waals surface area contributed by atoms with Crippen molar-refractivity contribution in [3.63, 3.8) is 0 Å². The molecule has 0 aliphatic heterocycles. The molecule has 1 aromatic carbocycles. The molecule has 0 saturated carbocycles. The Morgan fingerprint density at radius 1 is 1.17 bits per heavy atom. The fraction of sp³-hybridized carbons (Fsp3) is 0.286. The molecule has 9 heteroatoms. The molecule has 0 unspecified atom stereocenters. The number of hydrogen-bond acceptors (Lipinski definition) is 4. The Morgan fingerprint density at radius 2 is 1.91 bits per heavy atom. The summed E-state index contributed by atoms with van der Waals surface area (Å²) in [7, 11) is -3.65. The molecule has 8 nitrogen and oxygen atoms in total. The lowest BCUT2D eigenvalue weighted by Gasteiger charge is -2.08. The fourth-order valence-corrected chi connectivity index (χ4v) is 3.50. The first-order valence-electron chi connectivity index (χ1n) is 7.08. The third kappa shape index (κ3) is 3.20. The van der Waals surface area contributed by atoms with E-state index in [1.807, 2.05) is 19.9 Å². The molecular weight excluding hydrogens is 318 g/mol. The van der Waals surface area contributed by atoms with Crippen molar-refractivity contribution in [3.05, 3.63) is 46.1 Å². The summed E-state index contributed by atoms with van der Waals surface area (Å²) in [5, 5.41) is 4.28. The summed E-state index contributed by atoms with van der Waals surface area (Å²) in [6, 6.07) is 6.38. The second kappa shape index (κ2) is 5.67. The van der Waals surface area contributed by atoms with Crippen molar-refractivity contribution in [1.29, 1.82) is 0 Å². The van der Waals surface area contributed by atoms with Gasteiger partial charge in [-0.15, -0.1) is 0 Å². The van der Waals surface area contributed by atoms with Gasteiger partial charge in [-0.1, -0.05) is 0 Å². The molecule has 122 valence electrons. The minimum absolute atomic E-state index is 0.105. The van der Waals surface area contributed by atoms with E-state index < -0.39 is 10.0 Å². The van der Waals surface area contributed by atoms with Crippen LogP contribution < -0.4 is 10.4 Å². The van der Waals surface area contributed by atoms with Crippen LogP contribution in [0, 0.1) is 13.8 Å². The highest BCUT2D eigenvalue weighted by Gasteiger charge is 2.15. The summed E-state index contributed by atoms with van der Waals surface area (Å²) >= 11 is 0. The van der Waals surface area contributed by atoms with Crippen molar-refractivity contribution >= 4 is 21.1 Å². The van der Waals surface area contributed by atoms with Crippen LogP contribution in [0.2, 0.25) is 0 Å². The van der Waals surface area contributed by atoms with Crippen LogP contribution in [-0.4, -0.2) is 34.7 Å². The Bertz CT molecular complexity index is 1010. The highest BCUT2D eigenvalue weighted by Crippen LogP contribution is 2.14. The molecule has 0 saturated heterocycles. The summed E-state index contributed by atoms with van der Waals surface area (Å²) in [4.78, 5) is 16.4. The zero-order valence-corrected chi connectivity index (χ0v) is 13.6. The van der Waals surface area contributed by atoms with Crippen LogP contribution in [0.5, 0.6) is 0 Å². The van der Waals surface area contributed by atoms with Gasteiger partial charge in [0.1, 0.15) is 0 Å². The molecule has 3 N–H and O–H groups in total. The highest BCUT2D eigenvalue weighted by atomic mass is 32.2. The molecule has 0 radical (unpaired) electrons. The molecule has 0 aliphatic rings. The molecule has 0 atom stereocenters. The molecular formula is C14H17N5O3S. The molecule has 2 heterocycles. The molecule has 0 aliphatic carbocycles. The number of nitrogens with one attached hydrogen (secondary N) is 3. The Balaban J connectivity index is 1.74. The SMILES string of the molecule is Cc1cc(C)n(CCNS(=O)(=O)c2ccc3[nH]c(=O)[nH]c3c2)n1. The molecule has 0 bridgehead atoms. The average Bonchev–Trinajstić information content (AvgIpc) is 2.99. The van der Waals surface area contributed by atoms with E-state index in [0.717, 1.165) is 11.4 Å². The molecule has 3 aromatic rings. The van der Waals surface area contributed by atoms with Crippen molar-refractivity contribution in [1.82, 2.24) is 24.5 Å². The first-order chi connectivity index (χ1) is 10.8. The van der Waals surface area contributed by atoms with E-state index in [-0.39, 0.29) is 17.1 Å². The average molecular weight is 335 g/mol. The summed E-state index contributed by atoms with van der Waals surface area (Å²) in [5.41, 5.74) is 2.53. The van der Waals surface area contributed by atoms with Crippen LogP contribution in [0.15, 0.2) is 34.0 Å². The maximum absolute atomic E-state index is 12.3. The zero-order chi connectivity index (χ0) is 16.6. The standard InChI is InChI=1S/C14H17N5O3S/c1-9-7-10(2)19(18-9)6-5-15-23(21,22)11-3-4-12-13(8-11)17-14(20)16-12/h3-4,7-8,15H,5-6H2,1-2H3,(H2,16,17,20). The summed E-state index contributed by atoms with van der Waals surface area (Å²) in [5.74, 6) is 0. The lowest BCUT2D eigenvalue weighted by atomic mass is 10.3. The fourth-order valence-electron chi connectivity index (χ4n) is 2.45. The minimum Gasteiger partial charge on any atom is -0.306 e. The quantitative estimate of drug-likeness (QED) is 0.635. The number of H-pyrrole nitrogens is 2. The van der Waals surface area contributed by atoms with Gasteiger partial charge in [0, 0.05) is 12.2 Å². The van der Waals surface area contributed by atoms with Crippen molar-refractivity contribution < 1.29 is 8.42 Å². The molecule has 0 amide bonds. The molecule has 3 rings (SSSR count). The molecule has 23 heavy (non-hydrogen) atoms. The number of fused-ring (bicyclic) bond motifs is 1. The van der Waals surface area contributed by atoms with Crippen LogP contribution in [0.4, 0.5) is 0 Å². The third-order valence-corrected chi connectivity index (χ3v) is 4.98. The second-order valence-corrected chi connectivity index (χ2v) is 7.10. The highest BCUT2D eigenvalue weighted by molar-refractivity contribution is 7.89. The van der Waals surface area contributed by atoms with Gasteiger partial charge in [0.2, 0.25) is 10.0 Å². The summed E-state index contributed by atoms with van der Waals surface area (Å²) in [6.45, 7) is 4.49. The predicted octanol–water partition coefficient (Wildman–Crippen LogP) is 0.648. The normalized spacial score (nSPS) is 12.1. The number of imidazole rings is 1. The smallest absolute Gasteiger partial charge is 0.306 e. The number of aromatic amines is 2. The maximum Gasteiger partial charge on any atom is 0.323 e. The Hall–Kier alpha value is -2.39. The lowest BCUT2D eigenvalue weighted by molar-refractivity contribution is 0.554. The summed E-state index contributed by atoms with van der Waals surface area (Å²) < 4.78 is 28.9. The van der Waals surface area contributed by atoms with Crippen LogP contribution >= 0.6 is 0 Å². The van der Waals surface area contributed by atoms with E-state index in [9.17, 15) is 13.2 Å². The Labute approximate surface area is 132 Å². The number of hydrogen-bond donors (Lipinski definition) is 3. The van der Waals surface area contributed by atoms with E-state index in [1.165, 1.54) is 12.1 Å². The van der Waals surface area contributed by atoms with E-state index in [0.29, 0.717) is 17.6 Å². The van der Waals surface area contributed by atoms with Crippen molar-refractivity contribution in [2.75, 3.05) is 6.54 Å². The van der Waals surface area contributed by atoms with E-state index in [1.54, 1.807) is 10.7 Å². The van der Waals surface area contributed by atoms with E-state index in [4.69, 9.17) is 0 Å². The van der Waals surface area contributed by atoms with Crippen LogP contribution in [0.25, 0.3) is 11.0 Å². The Morgan fingerprint density at radius 3 is 2.61 bits per heavy atom. The first kappa shape index (κ1) is 15.5. The van der Waals surface area contributed by atoms with E-state index in [2.05, 4.69) is 19.8 Å². The number of rotatable bonds is 5. The van der Waals surface area contributed by atoms with Gasteiger partial charge in [-0.05, 0) is 38.1 Å². The predicted molar refractivity (Wildman–Crippen MR) is 85.8 cm³/mol.